The van der Waals surface area contributed by atoms with E-state index >= 15 is 0 Å². The average molecular weight is 351 g/mol. The Hall–Kier alpha value is -3.18. The molecule has 0 aliphatic carbocycles. The van der Waals surface area contributed by atoms with E-state index in [-0.39, 0.29) is 0 Å². The van der Waals surface area contributed by atoms with Crippen molar-refractivity contribution in [3.8, 4) is 17.3 Å². The van der Waals surface area contributed by atoms with Crippen LogP contribution < -0.4 is 4.74 Å². The minimum atomic E-state index is -0.494. The molecule has 0 atom stereocenters. The van der Waals surface area contributed by atoms with E-state index in [1.165, 1.54) is 0 Å². The van der Waals surface area contributed by atoms with Crippen LogP contribution >= 0.6 is 11.6 Å². The van der Waals surface area contributed by atoms with Crippen LogP contribution in [0.2, 0.25) is 5.02 Å². The van der Waals surface area contributed by atoms with E-state index in [4.69, 9.17) is 20.8 Å². The number of benzene rings is 2. The van der Waals surface area contributed by atoms with Gasteiger partial charge >= 0.3 is 5.97 Å². The largest absolute Gasteiger partial charge is 0.435 e. The van der Waals surface area contributed by atoms with E-state index in [1.54, 1.807) is 48.7 Å². The summed E-state index contributed by atoms with van der Waals surface area (Å²) in [5, 5.41) is 0.472. The van der Waals surface area contributed by atoms with Crippen LogP contribution in [0.4, 0.5) is 0 Å². The van der Waals surface area contributed by atoms with Crippen LogP contribution in [0.5, 0.6) is 5.75 Å². The molecule has 4 aromatic rings. The Kier molecular flexibility index (Phi) is 3.91. The molecule has 2 aromatic carbocycles. The van der Waals surface area contributed by atoms with Crippen LogP contribution in [0.1, 0.15) is 10.4 Å². The SMILES string of the molecule is O=C(Oc1ccc2nc(-c3ccccn3)oc2c1)c1cccc(Cl)c1. The highest BCUT2D eigenvalue weighted by molar-refractivity contribution is 6.30. The number of hydrogen-bond donors (Lipinski definition) is 0. The third-order valence-corrected chi connectivity index (χ3v) is 3.75. The number of carbonyl (C=O) groups is 1. The summed E-state index contributed by atoms with van der Waals surface area (Å²) in [5.74, 6) is 0.279. The maximum absolute atomic E-state index is 12.2. The Morgan fingerprint density at radius 1 is 1.04 bits per heavy atom. The Morgan fingerprint density at radius 3 is 2.76 bits per heavy atom. The lowest BCUT2D eigenvalue weighted by Gasteiger charge is -2.04. The zero-order chi connectivity index (χ0) is 17.2. The zero-order valence-corrected chi connectivity index (χ0v) is 13.6. The second-order valence-electron chi connectivity index (χ2n) is 5.26. The number of halogens is 1. The van der Waals surface area contributed by atoms with Gasteiger partial charge in [0.15, 0.2) is 5.58 Å². The van der Waals surface area contributed by atoms with Crippen molar-refractivity contribution in [2.75, 3.05) is 0 Å². The van der Waals surface area contributed by atoms with Crippen LogP contribution in [0.3, 0.4) is 0 Å². The lowest BCUT2D eigenvalue weighted by molar-refractivity contribution is 0.0735. The average Bonchev–Trinajstić information content (AvgIpc) is 3.06. The monoisotopic (exact) mass is 350 g/mol. The minimum Gasteiger partial charge on any atom is -0.435 e. The number of ether oxygens (including phenoxy) is 1. The van der Waals surface area contributed by atoms with Gasteiger partial charge in [0.1, 0.15) is 17.0 Å². The quantitative estimate of drug-likeness (QED) is 0.393. The summed E-state index contributed by atoms with van der Waals surface area (Å²) in [4.78, 5) is 20.8. The fourth-order valence-corrected chi connectivity index (χ4v) is 2.54. The van der Waals surface area contributed by atoms with Crippen molar-refractivity contribution in [2.24, 2.45) is 0 Å². The van der Waals surface area contributed by atoms with Gasteiger partial charge in [-0.1, -0.05) is 23.7 Å². The molecule has 0 aliphatic rings. The summed E-state index contributed by atoms with van der Waals surface area (Å²) in [6.45, 7) is 0. The van der Waals surface area contributed by atoms with Crippen LogP contribution in [0.15, 0.2) is 71.3 Å². The molecule has 4 rings (SSSR count). The third kappa shape index (κ3) is 3.22. The number of oxazole rings is 1. The molecule has 5 nitrogen and oxygen atoms in total. The van der Waals surface area contributed by atoms with E-state index in [9.17, 15) is 4.79 Å². The van der Waals surface area contributed by atoms with Crippen molar-refractivity contribution in [1.29, 1.82) is 0 Å². The van der Waals surface area contributed by atoms with Gasteiger partial charge in [-0.05, 0) is 42.5 Å². The standard InChI is InChI=1S/C19H11ClN2O3/c20-13-5-3-4-12(10-13)19(23)24-14-7-8-15-17(11-14)25-18(22-15)16-6-1-2-9-21-16/h1-11H. The summed E-state index contributed by atoms with van der Waals surface area (Å²) < 4.78 is 11.1. The number of esters is 1. The van der Waals surface area contributed by atoms with Gasteiger partial charge in [0.2, 0.25) is 5.89 Å². The number of aromatic nitrogens is 2. The number of nitrogens with zero attached hydrogens (tertiary/aromatic N) is 2. The first kappa shape index (κ1) is 15.4. The summed E-state index contributed by atoms with van der Waals surface area (Å²) in [5.41, 5.74) is 2.18. The molecule has 0 radical (unpaired) electrons. The van der Waals surface area contributed by atoms with Crippen molar-refractivity contribution in [3.05, 3.63) is 77.4 Å². The second-order valence-corrected chi connectivity index (χ2v) is 5.70. The highest BCUT2D eigenvalue weighted by atomic mass is 35.5. The van der Waals surface area contributed by atoms with E-state index in [0.29, 0.717) is 39.0 Å². The molecule has 0 unspecified atom stereocenters. The molecule has 25 heavy (non-hydrogen) atoms. The molecule has 2 heterocycles. The van der Waals surface area contributed by atoms with Gasteiger partial charge in [-0.25, -0.2) is 9.78 Å². The highest BCUT2D eigenvalue weighted by Crippen LogP contribution is 2.26. The lowest BCUT2D eigenvalue weighted by Crippen LogP contribution is -2.08. The van der Waals surface area contributed by atoms with E-state index in [1.807, 2.05) is 18.2 Å². The first-order chi connectivity index (χ1) is 12.2. The molecule has 0 amide bonds. The van der Waals surface area contributed by atoms with Crippen molar-refractivity contribution in [3.63, 3.8) is 0 Å². The van der Waals surface area contributed by atoms with E-state index in [2.05, 4.69) is 9.97 Å². The number of carbonyl (C=O) groups excluding carboxylic acids is 1. The Balaban J connectivity index is 1.62. The molecular weight excluding hydrogens is 340 g/mol. The molecule has 6 heteroatoms. The highest BCUT2D eigenvalue weighted by Gasteiger charge is 2.13. The lowest BCUT2D eigenvalue weighted by atomic mass is 10.2. The van der Waals surface area contributed by atoms with E-state index < -0.39 is 5.97 Å². The van der Waals surface area contributed by atoms with Gasteiger partial charge < -0.3 is 9.15 Å². The van der Waals surface area contributed by atoms with Crippen molar-refractivity contribution >= 4 is 28.7 Å². The topological polar surface area (TPSA) is 65.2 Å². The number of pyridine rings is 1. The molecule has 2 aromatic heterocycles. The van der Waals surface area contributed by atoms with Crippen molar-refractivity contribution < 1.29 is 13.9 Å². The smallest absolute Gasteiger partial charge is 0.343 e. The van der Waals surface area contributed by atoms with Crippen molar-refractivity contribution in [2.45, 2.75) is 0 Å². The van der Waals surface area contributed by atoms with Crippen LogP contribution in [0, 0.1) is 0 Å². The summed E-state index contributed by atoms with van der Waals surface area (Å²) in [6.07, 6.45) is 1.67. The molecule has 0 fully saturated rings. The van der Waals surface area contributed by atoms with E-state index in [0.717, 1.165) is 0 Å². The van der Waals surface area contributed by atoms with Gasteiger partial charge in [0.25, 0.3) is 0 Å². The first-order valence-corrected chi connectivity index (χ1v) is 7.86. The molecule has 0 saturated heterocycles. The number of hydrogen-bond acceptors (Lipinski definition) is 5. The maximum atomic E-state index is 12.2. The Morgan fingerprint density at radius 2 is 1.96 bits per heavy atom. The normalized spacial score (nSPS) is 10.8. The first-order valence-electron chi connectivity index (χ1n) is 7.49. The van der Waals surface area contributed by atoms with Crippen LogP contribution in [-0.2, 0) is 0 Å². The van der Waals surface area contributed by atoms with Gasteiger partial charge in [-0.15, -0.1) is 0 Å². The minimum absolute atomic E-state index is 0.362. The zero-order valence-electron chi connectivity index (χ0n) is 12.8. The maximum Gasteiger partial charge on any atom is 0.343 e. The Labute approximate surface area is 147 Å². The van der Waals surface area contributed by atoms with Crippen LogP contribution in [-0.4, -0.2) is 15.9 Å². The molecular formula is C19H11ClN2O3. The Bertz CT molecular complexity index is 1060. The summed E-state index contributed by atoms with van der Waals surface area (Å²) >= 11 is 5.89. The number of fused-ring (bicyclic) bond motifs is 1. The predicted molar refractivity (Wildman–Crippen MR) is 93.7 cm³/mol. The summed E-state index contributed by atoms with van der Waals surface area (Å²) in [7, 11) is 0. The van der Waals surface area contributed by atoms with Crippen LogP contribution in [0.25, 0.3) is 22.7 Å². The molecule has 0 spiro atoms. The third-order valence-electron chi connectivity index (χ3n) is 3.51. The van der Waals surface area contributed by atoms with Gasteiger partial charge in [-0.3, -0.25) is 4.98 Å². The molecule has 122 valence electrons. The fraction of sp³-hybridized carbons (Fsp3) is 0. The molecule has 0 aliphatic heterocycles. The number of rotatable bonds is 3. The van der Waals surface area contributed by atoms with Crippen molar-refractivity contribution in [1.82, 2.24) is 9.97 Å². The summed E-state index contributed by atoms with van der Waals surface area (Å²) in [6, 6.07) is 17.1. The molecule has 0 saturated carbocycles. The van der Waals surface area contributed by atoms with Gasteiger partial charge in [-0.2, -0.15) is 0 Å². The fourth-order valence-electron chi connectivity index (χ4n) is 2.35. The second kappa shape index (κ2) is 6.37. The van der Waals surface area contributed by atoms with Gasteiger partial charge in [0.05, 0.1) is 5.56 Å². The van der Waals surface area contributed by atoms with Gasteiger partial charge in [0, 0.05) is 17.3 Å². The predicted octanol–water partition coefficient (Wildman–Crippen LogP) is 4.76. The molecule has 0 bridgehead atoms. The molecule has 0 N–H and O–H groups in total.